The highest BCUT2D eigenvalue weighted by Crippen LogP contribution is 2.23. The van der Waals surface area contributed by atoms with Crippen molar-refractivity contribution in [1.29, 1.82) is 0 Å². The van der Waals surface area contributed by atoms with Gasteiger partial charge >= 0.3 is 0 Å². The van der Waals surface area contributed by atoms with Crippen molar-refractivity contribution in [2.24, 2.45) is 0 Å². The first-order valence-electron chi connectivity index (χ1n) is 8.94. The third-order valence-corrected chi connectivity index (χ3v) is 5.22. The lowest BCUT2D eigenvalue weighted by Crippen LogP contribution is -2.14. The van der Waals surface area contributed by atoms with Crippen molar-refractivity contribution in [2.45, 2.75) is 12.7 Å². The molecule has 4 aromatic rings. The normalized spacial score (nSPS) is 10.9. The Morgan fingerprint density at radius 2 is 1.82 bits per heavy atom. The summed E-state index contributed by atoms with van der Waals surface area (Å²) >= 11 is 1.45. The summed E-state index contributed by atoms with van der Waals surface area (Å²) in [5, 5.41) is 9.11. The zero-order valence-corrected chi connectivity index (χ0v) is 16.2. The van der Waals surface area contributed by atoms with Crippen LogP contribution in [-0.4, -0.2) is 21.8 Å². The summed E-state index contributed by atoms with van der Waals surface area (Å²) in [5.74, 6) is 1.86. The highest BCUT2D eigenvalue weighted by atomic mass is 32.2. The van der Waals surface area contributed by atoms with Crippen LogP contribution in [-0.2, 0) is 10.5 Å². The van der Waals surface area contributed by atoms with Gasteiger partial charge in [0, 0.05) is 16.6 Å². The summed E-state index contributed by atoms with van der Waals surface area (Å²) in [4.78, 5) is 16.7. The maximum atomic E-state index is 12.3. The Morgan fingerprint density at radius 3 is 2.68 bits per heavy atom. The van der Waals surface area contributed by atoms with E-state index in [9.17, 15) is 4.79 Å². The van der Waals surface area contributed by atoms with Gasteiger partial charge in [-0.2, -0.15) is 4.98 Å². The number of anilines is 1. The standard InChI is InChI=1S/C22H19N3O2S/c1-15-9-11-17(12-10-15)22-24-20(25-27-22)13-28-14-21(26)23-19-8-4-6-16-5-2-3-7-18(16)19/h2-12H,13-14H2,1H3,(H,23,26). The van der Waals surface area contributed by atoms with Gasteiger partial charge in [0.15, 0.2) is 5.82 Å². The first kappa shape index (κ1) is 18.3. The van der Waals surface area contributed by atoms with Crippen LogP contribution >= 0.6 is 11.8 Å². The molecule has 0 fully saturated rings. The molecule has 3 aromatic carbocycles. The van der Waals surface area contributed by atoms with Crippen LogP contribution < -0.4 is 5.32 Å². The average Bonchev–Trinajstić information content (AvgIpc) is 3.18. The molecule has 140 valence electrons. The molecule has 1 heterocycles. The van der Waals surface area contributed by atoms with E-state index in [4.69, 9.17) is 4.52 Å². The molecule has 0 bridgehead atoms. The Morgan fingerprint density at radius 1 is 1.04 bits per heavy atom. The van der Waals surface area contributed by atoms with E-state index in [1.807, 2.05) is 73.7 Å². The van der Waals surface area contributed by atoms with Crippen molar-refractivity contribution in [3.63, 3.8) is 0 Å². The topological polar surface area (TPSA) is 68.0 Å². The summed E-state index contributed by atoms with van der Waals surface area (Å²) < 4.78 is 5.32. The fourth-order valence-corrected chi connectivity index (χ4v) is 3.54. The smallest absolute Gasteiger partial charge is 0.257 e. The second kappa shape index (κ2) is 8.27. The summed E-state index contributed by atoms with van der Waals surface area (Å²) in [6, 6.07) is 21.8. The molecule has 0 spiro atoms. The van der Waals surface area contributed by atoms with Gasteiger partial charge in [0.25, 0.3) is 5.89 Å². The molecule has 5 nitrogen and oxygen atoms in total. The fourth-order valence-electron chi connectivity index (χ4n) is 2.88. The number of aryl methyl sites for hydroxylation is 1. The Hall–Kier alpha value is -3.12. The van der Waals surface area contributed by atoms with E-state index in [0.29, 0.717) is 23.2 Å². The Labute approximate surface area is 167 Å². The van der Waals surface area contributed by atoms with Gasteiger partial charge in [-0.25, -0.2) is 0 Å². The first-order chi connectivity index (χ1) is 13.7. The third-order valence-electron chi connectivity index (χ3n) is 4.29. The fraction of sp³-hybridized carbons (Fsp3) is 0.136. The van der Waals surface area contributed by atoms with E-state index in [2.05, 4.69) is 15.5 Å². The van der Waals surface area contributed by atoms with Gasteiger partial charge < -0.3 is 9.84 Å². The van der Waals surface area contributed by atoms with Crippen LogP contribution in [0.4, 0.5) is 5.69 Å². The Kier molecular flexibility index (Phi) is 5.39. The van der Waals surface area contributed by atoms with E-state index < -0.39 is 0 Å². The zero-order valence-electron chi connectivity index (χ0n) is 15.4. The van der Waals surface area contributed by atoms with E-state index >= 15 is 0 Å². The Bertz CT molecular complexity index is 1100. The highest BCUT2D eigenvalue weighted by Gasteiger charge is 2.10. The largest absolute Gasteiger partial charge is 0.334 e. The van der Waals surface area contributed by atoms with Gasteiger partial charge in [0.2, 0.25) is 5.91 Å². The van der Waals surface area contributed by atoms with E-state index in [1.165, 1.54) is 17.3 Å². The van der Waals surface area contributed by atoms with Crippen molar-refractivity contribution in [3.8, 4) is 11.5 Å². The quantitative estimate of drug-likeness (QED) is 0.499. The second-order valence-electron chi connectivity index (χ2n) is 6.45. The number of rotatable bonds is 6. The number of carbonyl (C=O) groups is 1. The number of nitrogens with zero attached hydrogens (tertiary/aromatic N) is 2. The summed E-state index contributed by atoms with van der Waals surface area (Å²) in [6.45, 7) is 2.03. The first-order valence-corrected chi connectivity index (χ1v) is 10.1. The number of amides is 1. The number of fused-ring (bicyclic) bond motifs is 1. The average molecular weight is 389 g/mol. The van der Waals surface area contributed by atoms with Crippen molar-refractivity contribution < 1.29 is 9.32 Å². The number of carbonyl (C=O) groups excluding carboxylic acids is 1. The van der Waals surface area contributed by atoms with Crippen LogP contribution in [0, 0.1) is 6.92 Å². The number of thioether (sulfide) groups is 1. The van der Waals surface area contributed by atoms with Gasteiger partial charge in [-0.1, -0.05) is 59.3 Å². The van der Waals surface area contributed by atoms with Gasteiger partial charge in [0.1, 0.15) is 0 Å². The van der Waals surface area contributed by atoms with Crippen LogP contribution in [0.3, 0.4) is 0 Å². The molecule has 0 aliphatic carbocycles. The molecular weight excluding hydrogens is 370 g/mol. The van der Waals surface area contributed by atoms with Crippen molar-refractivity contribution >= 4 is 34.1 Å². The summed E-state index contributed by atoms with van der Waals surface area (Å²) in [7, 11) is 0. The molecule has 1 amide bonds. The van der Waals surface area contributed by atoms with Crippen molar-refractivity contribution in [3.05, 3.63) is 78.1 Å². The summed E-state index contributed by atoms with van der Waals surface area (Å²) in [5.41, 5.74) is 2.89. The van der Waals surface area contributed by atoms with E-state index in [-0.39, 0.29) is 5.91 Å². The molecule has 4 rings (SSSR count). The molecule has 1 aromatic heterocycles. The maximum Gasteiger partial charge on any atom is 0.257 e. The molecule has 1 N–H and O–H groups in total. The maximum absolute atomic E-state index is 12.3. The lowest BCUT2D eigenvalue weighted by molar-refractivity contribution is -0.113. The van der Waals surface area contributed by atoms with Gasteiger partial charge in [0.05, 0.1) is 11.5 Å². The monoisotopic (exact) mass is 389 g/mol. The molecule has 6 heteroatoms. The van der Waals surface area contributed by atoms with Crippen molar-refractivity contribution in [1.82, 2.24) is 10.1 Å². The van der Waals surface area contributed by atoms with Gasteiger partial charge in [-0.3, -0.25) is 4.79 Å². The molecule has 0 aliphatic heterocycles. The van der Waals surface area contributed by atoms with E-state index in [1.54, 1.807) is 0 Å². The number of aromatic nitrogens is 2. The van der Waals surface area contributed by atoms with Crippen molar-refractivity contribution in [2.75, 3.05) is 11.1 Å². The number of hydrogen-bond donors (Lipinski definition) is 1. The number of hydrogen-bond acceptors (Lipinski definition) is 5. The van der Waals surface area contributed by atoms with Gasteiger partial charge in [-0.05, 0) is 30.5 Å². The van der Waals surface area contributed by atoms with E-state index in [0.717, 1.165) is 22.0 Å². The minimum absolute atomic E-state index is 0.0522. The predicted octanol–water partition coefficient (Wildman–Crippen LogP) is 5.07. The minimum Gasteiger partial charge on any atom is -0.334 e. The molecule has 0 unspecified atom stereocenters. The zero-order chi connectivity index (χ0) is 19.3. The van der Waals surface area contributed by atoms with Crippen LogP contribution in [0.5, 0.6) is 0 Å². The van der Waals surface area contributed by atoms with Crippen LogP contribution in [0.25, 0.3) is 22.2 Å². The van der Waals surface area contributed by atoms with Crippen LogP contribution in [0.15, 0.2) is 71.3 Å². The third kappa shape index (κ3) is 4.23. The molecule has 0 radical (unpaired) electrons. The second-order valence-corrected chi connectivity index (χ2v) is 7.44. The molecular formula is C22H19N3O2S. The SMILES string of the molecule is Cc1ccc(-c2nc(CSCC(=O)Nc3cccc4ccccc34)no2)cc1. The molecule has 0 aliphatic rings. The molecule has 0 atom stereocenters. The molecule has 0 saturated heterocycles. The molecule has 0 saturated carbocycles. The Balaban J connectivity index is 1.33. The number of benzene rings is 3. The number of nitrogens with one attached hydrogen (secondary N) is 1. The lowest BCUT2D eigenvalue weighted by atomic mass is 10.1. The summed E-state index contributed by atoms with van der Waals surface area (Å²) in [6.07, 6.45) is 0. The lowest BCUT2D eigenvalue weighted by Gasteiger charge is -2.08. The van der Waals surface area contributed by atoms with Gasteiger partial charge in [-0.15, -0.1) is 11.8 Å². The minimum atomic E-state index is -0.0522. The van der Waals surface area contributed by atoms with Crippen LogP contribution in [0.2, 0.25) is 0 Å². The predicted molar refractivity (Wildman–Crippen MR) is 113 cm³/mol. The highest BCUT2D eigenvalue weighted by molar-refractivity contribution is 7.99. The van der Waals surface area contributed by atoms with Crippen LogP contribution in [0.1, 0.15) is 11.4 Å². The molecule has 28 heavy (non-hydrogen) atoms.